The van der Waals surface area contributed by atoms with Crippen LogP contribution in [0.25, 0.3) is 0 Å². The Labute approximate surface area is 98.5 Å². The summed E-state index contributed by atoms with van der Waals surface area (Å²) < 4.78 is 0. The van der Waals surface area contributed by atoms with Crippen LogP contribution in [-0.4, -0.2) is 47.5 Å². The van der Waals surface area contributed by atoms with Crippen LogP contribution in [0.5, 0.6) is 0 Å². The first kappa shape index (κ1) is 12.3. The standard InChI is InChI=1S/C13H25NO2/c1-14(8-10-6-12(15)7-10)9-11-4-2-3-5-13(11)16/h10-13,15-16H,2-9H2,1H3. The fourth-order valence-corrected chi connectivity index (χ4v) is 3.17. The lowest BCUT2D eigenvalue weighted by Crippen LogP contribution is -2.41. The Hall–Kier alpha value is -0.120. The molecule has 0 radical (unpaired) electrons. The van der Waals surface area contributed by atoms with Crippen LogP contribution in [0.15, 0.2) is 0 Å². The van der Waals surface area contributed by atoms with Crippen molar-refractivity contribution in [2.45, 2.75) is 50.7 Å². The average Bonchev–Trinajstić information content (AvgIpc) is 2.19. The molecule has 0 bridgehead atoms. The van der Waals surface area contributed by atoms with E-state index in [-0.39, 0.29) is 12.2 Å². The minimum atomic E-state index is -0.0804. The molecule has 2 unspecified atom stereocenters. The molecular formula is C13H25NO2. The Kier molecular flexibility index (Phi) is 4.22. The van der Waals surface area contributed by atoms with Crippen LogP contribution in [-0.2, 0) is 0 Å². The predicted molar refractivity (Wildman–Crippen MR) is 64.2 cm³/mol. The van der Waals surface area contributed by atoms with E-state index in [1.165, 1.54) is 19.3 Å². The summed E-state index contributed by atoms with van der Waals surface area (Å²) in [6.07, 6.45) is 6.45. The lowest BCUT2D eigenvalue weighted by molar-refractivity contribution is 0.0133. The van der Waals surface area contributed by atoms with Gasteiger partial charge in [-0.05, 0) is 44.6 Å². The summed E-state index contributed by atoms with van der Waals surface area (Å²) in [4.78, 5) is 2.34. The second-order valence-electron chi connectivity index (χ2n) is 5.82. The number of rotatable bonds is 4. The van der Waals surface area contributed by atoms with Gasteiger partial charge in [-0.25, -0.2) is 0 Å². The van der Waals surface area contributed by atoms with Crippen molar-refractivity contribution < 1.29 is 10.2 Å². The zero-order chi connectivity index (χ0) is 11.5. The van der Waals surface area contributed by atoms with Crippen LogP contribution in [0.4, 0.5) is 0 Å². The van der Waals surface area contributed by atoms with E-state index in [0.29, 0.717) is 11.8 Å². The summed E-state index contributed by atoms with van der Waals surface area (Å²) in [6.45, 7) is 2.11. The molecule has 0 aromatic heterocycles. The lowest BCUT2D eigenvalue weighted by atomic mass is 9.81. The molecule has 0 aliphatic heterocycles. The van der Waals surface area contributed by atoms with E-state index in [9.17, 15) is 10.2 Å². The van der Waals surface area contributed by atoms with E-state index in [1.807, 2.05) is 0 Å². The summed E-state index contributed by atoms with van der Waals surface area (Å²) in [6, 6.07) is 0. The van der Waals surface area contributed by atoms with Crippen molar-refractivity contribution in [2.24, 2.45) is 11.8 Å². The topological polar surface area (TPSA) is 43.7 Å². The highest BCUT2D eigenvalue weighted by atomic mass is 16.3. The Bertz CT molecular complexity index is 216. The van der Waals surface area contributed by atoms with Crippen LogP contribution in [0.2, 0.25) is 0 Å². The second-order valence-corrected chi connectivity index (χ2v) is 5.82. The fraction of sp³-hybridized carbons (Fsp3) is 1.00. The third-order valence-electron chi connectivity index (χ3n) is 4.20. The number of aliphatic hydroxyl groups is 2. The smallest absolute Gasteiger partial charge is 0.0580 e. The number of hydrogen-bond acceptors (Lipinski definition) is 3. The average molecular weight is 227 g/mol. The SMILES string of the molecule is CN(CC1CC(O)C1)CC1CCCCC1O. The van der Waals surface area contributed by atoms with E-state index < -0.39 is 0 Å². The van der Waals surface area contributed by atoms with Crippen molar-refractivity contribution in [3.63, 3.8) is 0 Å². The molecule has 0 spiro atoms. The third-order valence-corrected chi connectivity index (χ3v) is 4.20. The fourth-order valence-electron chi connectivity index (χ4n) is 3.17. The molecule has 3 nitrogen and oxygen atoms in total. The monoisotopic (exact) mass is 227 g/mol. The van der Waals surface area contributed by atoms with Crippen molar-refractivity contribution in [3.05, 3.63) is 0 Å². The van der Waals surface area contributed by atoms with Crippen LogP contribution < -0.4 is 0 Å². The van der Waals surface area contributed by atoms with Gasteiger partial charge in [-0.15, -0.1) is 0 Å². The van der Waals surface area contributed by atoms with Gasteiger partial charge >= 0.3 is 0 Å². The first-order valence-corrected chi connectivity index (χ1v) is 6.70. The zero-order valence-corrected chi connectivity index (χ0v) is 10.3. The molecule has 0 aromatic rings. The van der Waals surface area contributed by atoms with Gasteiger partial charge in [0.25, 0.3) is 0 Å². The van der Waals surface area contributed by atoms with Crippen molar-refractivity contribution in [1.82, 2.24) is 4.90 Å². The van der Waals surface area contributed by atoms with Gasteiger partial charge in [0.15, 0.2) is 0 Å². The zero-order valence-electron chi connectivity index (χ0n) is 10.3. The number of nitrogens with zero attached hydrogens (tertiary/aromatic N) is 1. The van der Waals surface area contributed by atoms with Crippen molar-refractivity contribution in [2.75, 3.05) is 20.1 Å². The van der Waals surface area contributed by atoms with E-state index in [4.69, 9.17) is 0 Å². The van der Waals surface area contributed by atoms with Gasteiger partial charge in [-0.2, -0.15) is 0 Å². The normalized spacial score (nSPS) is 39.8. The molecule has 0 amide bonds. The summed E-state index contributed by atoms with van der Waals surface area (Å²) in [5.74, 6) is 1.16. The highest BCUT2D eigenvalue weighted by Crippen LogP contribution is 2.29. The lowest BCUT2D eigenvalue weighted by Gasteiger charge is -2.37. The molecule has 3 heteroatoms. The van der Waals surface area contributed by atoms with Crippen molar-refractivity contribution in [3.8, 4) is 0 Å². The molecule has 0 saturated heterocycles. The molecule has 16 heavy (non-hydrogen) atoms. The molecule has 0 aromatic carbocycles. The van der Waals surface area contributed by atoms with Gasteiger partial charge < -0.3 is 15.1 Å². The molecule has 2 rings (SSSR count). The first-order chi connectivity index (χ1) is 7.65. The second kappa shape index (κ2) is 5.48. The maximum Gasteiger partial charge on any atom is 0.0580 e. The minimum Gasteiger partial charge on any atom is -0.393 e. The Balaban J connectivity index is 1.67. The van der Waals surface area contributed by atoms with Crippen molar-refractivity contribution >= 4 is 0 Å². The van der Waals surface area contributed by atoms with Gasteiger partial charge in [0.2, 0.25) is 0 Å². The summed E-state index contributed by atoms with van der Waals surface area (Å²) >= 11 is 0. The quantitative estimate of drug-likeness (QED) is 0.759. The van der Waals surface area contributed by atoms with Gasteiger partial charge in [-0.3, -0.25) is 0 Å². The largest absolute Gasteiger partial charge is 0.393 e. The van der Waals surface area contributed by atoms with E-state index in [2.05, 4.69) is 11.9 Å². The molecule has 2 N–H and O–H groups in total. The predicted octanol–water partition coefficient (Wildman–Crippen LogP) is 1.24. The Morgan fingerprint density at radius 1 is 1.06 bits per heavy atom. The number of aliphatic hydroxyl groups excluding tert-OH is 2. The molecular weight excluding hydrogens is 202 g/mol. The van der Waals surface area contributed by atoms with Gasteiger partial charge in [0.05, 0.1) is 12.2 Å². The molecule has 2 atom stereocenters. The van der Waals surface area contributed by atoms with Crippen LogP contribution >= 0.6 is 0 Å². The first-order valence-electron chi connectivity index (χ1n) is 6.70. The van der Waals surface area contributed by atoms with Gasteiger partial charge in [0, 0.05) is 13.1 Å². The Morgan fingerprint density at radius 2 is 1.75 bits per heavy atom. The summed E-state index contributed by atoms with van der Waals surface area (Å²) in [5, 5.41) is 19.1. The highest BCUT2D eigenvalue weighted by molar-refractivity contribution is 4.82. The Morgan fingerprint density at radius 3 is 2.38 bits per heavy atom. The van der Waals surface area contributed by atoms with E-state index in [1.54, 1.807) is 0 Å². The highest BCUT2D eigenvalue weighted by Gasteiger charge is 2.29. The van der Waals surface area contributed by atoms with Crippen LogP contribution in [0, 0.1) is 11.8 Å². The molecule has 2 saturated carbocycles. The van der Waals surface area contributed by atoms with Gasteiger partial charge in [0.1, 0.15) is 0 Å². The maximum atomic E-state index is 9.90. The molecule has 2 fully saturated rings. The van der Waals surface area contributed by atoms with Crippen LogP contribution in [0.1, 0.15) is 38.5 Å². The summed E-state index contributed by atoms with van der Waals surface area (Å²) in [5.41, 5.74) is 0. The van der Waals surface area contributed by atoms with E-state index >= 15 is 0 Å². The van der Waals surface area contributed by atoms with Gasteiger partial charge in [-0.1, -0.05) is 12.8 Å². The molecule has 94 valence electrons. The number of hydrogen-bond donors (Lipinski definition) is 2. The third kappa shape index (κ3) is 3.19. The van der Waals surface area contributed by atoms with Crippen molar-refractivity contribution in [1.29, 1.82) is 0 Å². The minimum absolute atomic E-state index is 0.0429. The molecule has 2 aliphatic rings. The summed E-state index contributed by atoms with van der Waals surface area (Å²) in [7, 11) is 2.14. The molecule has 0 heterocycles. The molecule has 2 aliphatic carbocycles. The maximum absolute atomic E-state index is 9.90. The van der Waals surface area contributed by atoms with E-state index in [0.717, 1.165) is 32.4 Å². The van der Waals surface area contributed by atoms with Crippen LogP contribution in [0.3, 0.4) is 0 Å².